The molecule has 1 nitrogen and oxygen atoms in total. The van der Waals surface area contributed by atoms with Crippen LogP contribution in [0.2, 0.25) is 0 Å². The van der Waals surface area contributed by atoms with Gasteiger partial charge in [0.05, 0.1) is 6.42 Å². The summed E-state index contributed by atoms with van der Waals surface area (Å²) in [5.74, 6) is 5.72. The average Bonchev–Trinajstić information content (AvgIpc) is 2.13. The van der Waals surface area contributed by atoms with Crippen molar-refractivity contribution in [2.75, 3.05) is 0 Å². The Labute approximate surface area is 91.5 Å². The predicted molar refractivity (Wildman–Crippen MR) is 62.7 cm³/mol. The highest BCUT2D eigenvalue weighted by atomic mass is 16.1. The Morgan fingerprint density at radius 1 is 1.20 bits per heavy atom. The van der Waals surface area contributed by atoms with E-state index in [2.05, 4.69) is 30.0 Å². The van der Waals surface area contributed by atoms with Gasteiger partial charge in [-0.15, -0.1) is 5.92 Å². The van der Waals surface area contributed by atoms with Gasteiger partial charge >= 0.3 is 0 Å². The standard InChI is InChI=1S/C14H16O/c1-4-5-6-14(15)10-13-8-11(2)7-12(3)9-13/h7-9H,6,10H2,1-3H3. The van der Waals surface area contributed by atoms with Crippen molar-refractivity contribution in [2.45, 2.75) is 33.6 Å². The third-order valence-corrected chi connectivity index (χ3v) is 2.15. The summed E-state index contributed by atoms with van der Waals surface area (Å²) < 4.78 is 0. The number of aryl methyl sites for hydroxylation is 2. The molecule has 1 aromatic carbocycles. The lowest BCUT2D eigenvalue weighted by Crippen LogP contribution is -2.01. The van der Waals surface area contributed by atoms with Crippen molar-refractivity contribution in [3.8, 4) is 11.8 Å². The highest BCUT2D eigenvalue weighted by Gasteiger charge is 2.02. The summed E-state index contributed by atoms with van der Waals surface area (Å²) in [6.07, 6.45) is 0.862. The van der Waals surface area contributed by atoms with Crippen LogP contribution >= 0.6 is 0 Å². The first-order valence-corrected chi connectivity index (χ1v) is 5.10. The van der Waals surface area contributed by atoms with Crippen LogP contribution in [0.4, 0.5) is 0 Å². The Kier molecular flexibility index (Phi) is 4.12. The second-order valence-electron chi connectivity index (χ2n) is 3.81. The molecule has 0 aliphatic carbocycles. The maximum atomic E-state index is 11.5. The van der Waals surface area contributed by atoms with E-state index in [4.69, 9.17) is 0 Å². The summed E-state index contributed by atoms with van der Waals surface area (Å²) in [5.41, 5.74) is 3.51. The molecule has 0 saturated heterocycles. The van der Waals surface area contributed by atoms with Crippen molar-refractivity contribution in [1.29, 1.82) is 0 Å². The molecule has 0 saturated carbocycles. The van der Waals surface area contributed by atoms with Crippen LogP contribution in [0.15, 0.2) is 18.2 Å². The van der Waals surface area contributed by atoms with Crippen molar-refractivity contribution >= 4 is 5.78 Å². The first-order chi connectivity index (χ1) is 7.11. The van der Waals surface area contributed by atoms with Crippen molar-refractivity contribution in [2.24, 2.45) is 0 Å². The zero-order chi connectivity index (χ0) is 11.3. The molecule has 0 amide bonds. The molecule has 78 valence electrons. The van der Waals surface area contributed by atoms with Crippen LogP contribution in [0.1, 0.15) is 30.0 Å². The Hall–Kier alpha value is -1.55. The minimum absolute atomic E-state index is 0.189. The average molecular weight is 200 g/mol. The van der Waals surface area contributed by atoms with Crippen LogP contribution in [0.3, 0.4) is 0 Å². The number of rotatable bonds is 3. The summed E-state index contributed by atoms with van der Waals surface area (Å²) in [6, 6.07) is 6.23. The van der Waals surface area contributed by atoms with Gasteiger partial charge in [0, 0.05) is 6.42 Å². The minimum Gasteiger partial charge on any atom is -0.298 e. The Bertz CT molecular complexity index is 398. The zero-order valence-corrected chi connectivity index (χ0v) is 9.55. The Morgan fingerprint density at radius 2 is 1.80 bits per heavy atom. The number of benzene rings is 1. The van der Waals surface area contributed by atoms with E-state index in [0.717, 1.165) is 5.56 Å². The van der Waals surface area contributed by atoms with E-state index in [1.54, 1.807) is 6.92 Å². The monoisotopic (exact) mass is 200 g/mol. The van der Waals surface area contributed by atoms with Crippen LogP contribution in [0.5, 0.6) is 0 Å². The van der Waals surface area contributed by atoms with Crippen LogP contribution in [0, 0.1) is 25.7 Å². The second-order valence-corrected chi connectivity index (χ2v) is 3.81. The minimum atomic E-state index is 0.189. The van der Waals surface area contributed by atoms with Crippen LogP contribution in [-0.4, -0.2) is 5.78 Å². The van der Waals surface area contributed by atoms with E-state index >= 15 is 0 Å². The third kappa shape index (κ3) is 3.99. The molecule has 0 spiro atoms. The SMILES string of the molecule is CC#CCC(=O)Cc1cc(C)cc(C)c1. The maximum absolute atomic E-state index is 11.5. The first-order valence-electron chi connectivity index (χ1n) is 5.10. The number of Topliss-reactive ketones (excluding diaryl/α,β-unsaturated/α-hetero) is 1. The van der Waals surface area contributed by atoms with E-state index in [0.29, 0.717) is 12.8 Å². The molecule has 0 atom stereocenters. The number of hydrogen-bond donors (Lipinski definition) is 0. The second kappa shape index (κ2) is 5.36. The molecule has 1 rings (SSSR count). The molecule has 1 aromatic rings. The fourth-order valence-corrected chi connectivity index (χ4v) is 1.65. The summed E-state index contributed by atoms with van der Waals surface area (Å²) in [4.78, 5) is 11.5. The predicted octanol–water partition coefficient (Wildman–Crippen LogP) is 2.83. The summed E-state index contributed by atoms with van der Waals surface area (Å²) in [7, 11) is 0. The molecule has 0 fully saturated rings. The van der Waals surface area contributed by atoms with E-state index in [1.165, 1.54) is 11.1 Å². The lowest BCUT2D eigenvalue weighted by atomic mass is 10.0. The maximum Gasteiger partial charge on any atom is 0.149 e. The van der Waals surface area contributed by atoms with Gasteiger partial charge in [-0.3, -0.25) is 4.79 Å². The van der Waals surface area contributed by atoms with Gasteiger partial charge in [0.25, 0.3) is 0 Å². The molecule has 15 heavy (non-hydrogen) atoms. The fraction of sp³-hybridized carbons (Fsp3) is 0.357. The lowest BCUT2D eigenvalue weighted by molar-refractivity contribution is -0.117. The summed E-state index contributed by atoms with van der Waals surface area (Å²) >= 11 is 0. The van der Waals surface area contributed by atoms with Gasteiger partial charge in [0.1, 0.15) is 5.78 Å². The normalized spacial score (nSPS) is 9.27. The number of carbonyl (C=O) groups is 1. The molecule has 0 heterocycles. The van der Waals surface area contributed by atoms with E-state index in [-0.39, 0.29) is 5.78 Å². The molecule has 0 aliphatic rings. The number of carbonyl (C=O) groups excluding carboxylic acids is 1. The number of hydrogen-bond acceptors (Lipinski definition) is 1. The van der Waals surface area contributed by atoms with Crippen LogP contribution in [-0.2, 0) is 11.2 Å². The van der Waals surface area contributed by atoms with Crippen LogP contribution in [0.25, 0.3) is 0 Å². The van der Waals surface area contributed by atoms with Gasteiger partial charge in [-0.2, -0.15) is 0 Å². The van der Waals surface area contributed by atoms with Gasteiger partial charge in [-0.05, 0) is 26.3 Å². The summed E-state index contributed by atoms with van der Waals surface area (Å²) in [5, 5.41) is 0. The lowest BCUT2D eigenvalue weighted by Gasteiger charge is -2.02. The number of ketones is 1. The molecule has 0 aliphatic heterocycles. The molecule has 0 radical (unpaired) electrons. The van der Waals surface area contributed by atoms with E-state index in [1.807, 2.05) is 13.8 Å². The molecular formula is C14H16O. The van der Waals surface area contributed by atoms with Crippen molar-refractivity contribution in [3.05, 3.63) is 34.9 Å². The highest BCUT2D eigenvalue weighted by molar-refractivity contribution is 5.83. The van der Waals surface area contributed by atoms with Crippen molar-refractivity contribution in [3.63, 3.8) is 0 Å². The van der Waals surface area contributed by atoms with Gasteiger partial charge in [0.2, 0.25) is 0 Å². The smallest absolute Gasteiger partial charge is 0.149 e. The van der Waals surface area contributed by atoms with E-state index in [9.17, 15) is 4.79 Å². The summed E-state index contributed by atoms with van der Waals surface area (Å²) in [6.45, 7) is 5.85. The molecular weight excluding hydrogens is 184 g/mol. The Balaban J connectivity index is 2.70. The Morgan fingerprint density at radius 3 is 2.33 bits per heavy atom. The van der Waals surface area contributed by atoms with Crippen molar-refractivity contribution < 1.29 is 4.79 Å². The largest absolute Gasteiger partial charge is 0.298 e. The highest BCUT2D eigenvalue weighted by Crippen LogP contribution is 2.10. The van der Waals surface area contributed by atoms with Crippen molar-refractivity contribution in [1.82, 2.24) is 0 Å². The molecule has 0 N–H and O–H groups in total. The topological polar surface area (TPSA) is 17.1 Å². The molecule has 1 heteroatoms. The zero-order valence-electron chi connectivity index (χ0n) is 9.55. The van der Waals surface area contributed by atoms with Gasteiger partial charge < -0.3 is 0 Å². The fourth-order valence-electron chi connectivity index (χ4n) is 1.65. The van der Waals surface area contributed by atoms with Crippen LogP contribution < -0.4 is 0 Å². The molecule has 0 aromatic heterocycles. The quantitative estimate of drug-likeness (QED) is 0.686. The molecule has 0 bridgehead atoms. The van der Waals surface area contributed by atoms with E-state index < -0.39 is 0 Å². The first kappa shape index (κ1) is 11.5. The molecule has 0 unspecified atom stereocenters. The van der Waals surface area contributed by atoms with Gasteiger partial charge in [-0.1, -0.05) is 35.2 Å². The third-order valence-electron chi connectivity index (χ3n) is 2.15. The van der Waals surface area contributed by atoms with Gasteiger partial charge in [-0.25, -0.2) is 0 Å². The van der Waals surface area contributed by atoms with Gasteiger partial charge in [0.15, 0.2) is 0 Å².